The third kappa shape index (κ3) is 2.83. The molecule has 1 saturated carbocycles. The van der Waals surface area contributed by atoms with Crippen molar-refractivity contribution in [2.45, 2.75) is 44.9 Å². The predicted molar refractivity (Wildman–Crippen MR) is 116 cm³/mol. The summed E-state index contributed by atoms with van der Waals surface area (Å²) < 4.78 is 8.51. The van der Waals surface area contributed by atoms with Gasteiger partial charge in [0, 0.05) is 22.9 Å². The number of rotatable bonds is 2. The summed E-state index contributed by atoms with van der Waals surface area (Å²) in [4.78, 5) is 0. The monoisotopic (exact) mass is 381 g/mol. The lowest BCUT2D eigenvalue weighted by molar-refractivity contribution is -0.660. The fraction of sp³-hybridized carbons (Fsp3) is 0.308. The standard InChI is InChI=1S/C26H25N2O/c1-17-11-12-20-25-21(16-27)19(18-8-4-3-5-9-18)13-14-23(25)29-26(20)24(17)22-10-6-7-15-28(22)2/h6-7,10-15,18H,3-5,8-9H2,1-2H3/q+1. The normalized spacial score (nSPS) is 15.1. The fourth-order valence-corrected chi connectivity index (χ4v) is 5.02. The minimum Gasteiger partial charge on any atom is -0.455 e. The van der Waals surface area contributed by atoms with Crippen molar-refractivity contribution in [1.29, 1.82) is 5.26 Å². The molecule has 0 bridgehead atoms. The van der Waals surface area contributed by atoms with Crippen molar-refractivity contribution in [3.05, 3.63) is 65.4 Å². The average molecular weight is 381 g/mol. The molecule has 2 aromatic heterocycles. The maximum Gasteiger partial charge on any atom is 0.216 e. The Hall–Kier alpha value is -3.12. The first-order valence-electron chi connectivity index (χ1n) is 10.5. The van der Waals surface area contributed by atoms with Crippen LogP contribution in [0.2, 0.25) is 0 Å². The van der Waals surface area contributed by atoms with Crippen molar-refractivity contribution in [1.82, 2.24) is 0 Å². The van der Waals surface area contributed by atoms with Gasteiger partial charge in [0.2, 0.25) is 5.69 Å². The highest BCUT2D eigenvalue weighted by Gasteiger charge is 2.25. The Morgan fingerprint density at radius 2 is 1.86 bits per heavy atom. The highest BCUT2D eigenvalue weighted by atomic mass is 16.3. The van der Waals surface area contributed by atoms with Crippen molar-refractivity contribution in [2.75, 3.05) is 0 Å². The summed E-state index contributed by atoms with van der Waals surface area (Å²) in [5.74, 6) is 0.490. The molecule has 0 amide bonds. The molecule has 3 heteroatoms. The quantitative estimate of drug-likeness (QED) is 0.382. The number of nitrogens with zero attached hydrogens (tertiary/aromatic N) is 2. The lowest BCUT2D eigenvalue weighted by Gasteiger charge is -2.23. The molecule has 2 aromatic carbocycles. The second-order valence-electron chi connectivity index (χ2n) is 8.28. The van der Waals surface area contributed by atoms with Crippen LogP contribution in [-0.2, 0) is 7.05 Å². The van der Waals surface area contributed by atoms with Crippen LogP contribution in [0.25, 0.3) is 33.2 Å². The van der Waals surface area contributed by atoms with Gasteiger partial charge in [-0.15, -0.1) is 0 Å². The maximum atomic E-state index is 10.1. The number of furan rings is 1. The highest BCUT2D eigenvalue weighted by molar-refractivity contribution is 6.12. The molecule has 2 heterocycles. The molecular weight excluding hydrogens is 356 g/mol. The summed E-state index contributed by atoms with van der Waals surface area (Å²) in [7, 11) is 2.05. The molecule has 4 aromatic rings. The van der Waals surface area contributed by atoms with Gasteiger partial charge in [-0.05, 0) is 48.9 Å². The van der Waals surface area contributed by atoms with E-state index in [-0.39, 0.29) is 0 Å². The van der Waals surface area contributed by atoms with E-state index in [1.54, 1.807) is 0 Å². The smallest absolute Gasteiger partial charge is 0.216 e. The van der Waals surface area contributed by atoms with Crippen molar-refractivity contribution >= 4 is 21.9 Å². The zero-order valence-electron chi connectivity index (χ0n) is 17.0. The summed E-state index contributed by atoms with van der Waals surface area (Å²) in [6.07, 6.45) is 8.24. The van der Waals surface area contributed by atoms with Gasteiger partial charge >= 0.3 is 0 Å². The Balaban J connectivity index is 1.82. The van der Waals surface area contributed by atoms with E-state index in [1.165, 1.54) is 43.2 Å². The van der Waals surface area contributed by atoms with Gasteiger partial charge in [-0.1, -0.05) is 37.5 Å². The maximum absolute atomic E-state index is 10.1. The minimum atomic E-state index is 0.490. The van der Waals surface area contributed by atoms with E-state index in [9.17, 15) is 5.26 Å². The number of fused-ring (bicyclic) bond motifs is 3. The van der Waals surface area contributed by atoms with Gasteiger partial charge in [0.05, 0.1) is 11.1 Å². The number of nitriles is 1. The van der Waals surface area contributed by atoms with Gasteiger partial charge in [0.1, 0.15) is 24.3 Å². The van der Waals surface area contributed by atoms with Crippen LogP contribution >= 0.6 is 0 Å². The van der Waals surface area contributed by atoms with Crippen molar-refractivity contribution in [3.63, 3.8) is 0 Å². The van der Waals surface area contributed by atoms with Gasteiger partial charge in [-0.2, -0.15) is 5.26 Å². The zero-order chi connectivity index (χ0) is 20.0. The number of aromatic nitrogens is 1. The summed E-state index contributed by atoms with van der Waals surface area (Å²) >= 11 is 0. The van der Waals surface area contributed by atoms with Crippen LogP contribution in [0.4, 0.5) is 0 Å². The molecule has 0 radical (unpaired) electrons. The molecule has 3 nitrogen and oxygen atoms in total. The molecule has 144 valence electrons. The van der Waals surface area contributed by atoms with Crippen molar-refractivity contribution in [3.8, 4) is 17.3 Å². The third-order valence-corrected chi connectivity index (χ3v) is 6.51. The number of aryl methyl sites for hydroxylation is 2. The summed E-state index contributed by atoms with van der Waals surface area (Å²) in [5.41, 5.74) is 7.07. The largest absolute Gasteiger partial charge is 0.455 e. The molecule has 0 atom stereocenters. The Kier molecular flexibility index (Phi) is 4.36. The van der Waals surface area contributed by atoms with E-state index in [0.29, 0.717) is 5.92 Å². The topological polar surface area (TPSA) is 40.8 Å². The SMILES string of the molecule is Cc1ccc2c(oc3ccc(C4CCCCC4)c(C#N)c32)c1-c1cccc[n+]1C. The predicted octanol–water partition coefficient (Wildman–Crippen LogP) is 6.31. The van der Waals surface area contributed by atoms with E-state index >= 15 is 0 Å². The van der Waals surface area contributed by atoms with Gasteiger partial charge in [0.15, 0.2) is 6.20 Å². The molecule has 0 unspecified atom stereocenters. The Morgan fingerprint density at radius 1 is 1.03 bits per heavy atom. The molecule has 1 aliphatic rings. The van der Waals surface area contributed by atoms with E-state index in [4.69, 9.17) is 4.42 Å². The van der Waals surface area contributed by atoms with Gasteiger partial charge < -0.3 is 4.42 Å². The second-order valence-corrected chi connectivity index (χ2v) is 8.28. The Morgan fingerprint density at radius 3 is 2.62 bits per heavy atom. The Labute approximate surface area is 171 Å². The van der Waals surface area contributed by atoms with Crippen LogP contribution in [0, 0.1) is 18.3 Å². The van der Waals surface area contributed by atoms with Crippen molar-refractivity contribution < 1.29 is 8.98 Å². The highest BCUT2D eigenvalue weighted by Crippen LogP contribution is 2.42. The summed E-state index contributed by atoms with van der Waals surface area (Å²) in [6, 6.07) is 17.2. The fourth-order valence-electron chi connectivity index (χ4n) is 5.02. The van der Waals surface area contributed by atoms with Crippen LogP contribution in [-0.4, -0.2) is 0 Å². The number of pyridine rings is 1. The number of hydrogen-bond acceptors (Lipinski definition) is 2. The molecular formula is C26H25N2O+. The lowest BCUT2D eigenvalue weighted by atomic mass is 9.81. The molecule has 5 rings (SSSR count). The van der Waals surface area contributed by atoms with Crippen LogP contribution in [0.3, 0.4) is 0 Å². The number of hydrogen-bond donors (Lipinski definition) is 0. The van der Waals surface area contributed by atoms with Gasteiger partial charge in [0.25, 0.3) is 0 Å². The van der Waals surface area contributed by atoms with Gasteiger partial charge in [-0.3, -0.25) is 0 Å². The minimum absolute atomic E-state index is 0.490. The van der Waals surface area contributed by atoms with Crippen LogP contribution < -0.4 is 4.57 Å². The van der Waals surface area contributed by atoms with Crippen LogP contribution in [0.5, 0.6) is 0 Å². The average Bonchev–Trinajstić information content (AvgIpc) is 3.13. The third-order valence-electron chi connectivity index (χ3n) is 6.51. The van der Waals surface area contributed by atoms with E-state index < -0.39 is 0 Å². The molecule has 0 aliphatic heterocycles. The van der Waals surface area contributed by atoms with Crippen LogP contribution in [0.1, 0.15) is 54.7 Å². The Bertz CT molecular complexity index is 1270. The second kappa shape index (κ2) is 7.04. The molecule has 29 heavy (non-hydrogen) atoms. The molecule has 0 N–H and O–H groups in total. The van der Waals surface area contributed by atoms with E-state index in [1.807, 2.05) is 6.07 Å². The van der Waals surface area contributed by atoms with E-state index in [0.717, 1.165) is 38.8 Å². The van der Waals surface area contributed by atoms with Crippen molar-refractivity contribution in [2.24, 2.45) is 7.05 Å². The molecule has 1 fully saturated rings. The summed E-state index contributed by atoms with van der Waals surface area (Å²) in [6.45, 7) is 2.12. The van der Waals surface area contributed by atoms with Crippen LogP contribution in [0.15, 0.2) is 53.1 Å². The first kappa shape index (κ1) is 17.9. The number of benzene rings is 2. The zero-order valence-corrected chi connectivity index (χ0v) is 17.0. The molecule has 0 saturated heterocycles. The molecule has 1 aliphatic carbocycles. The first-order valence-corrected chi connectivity index (χ1v) is 10.5. The van der Waals surface area contributed by atoms with E-state index in [2.05, 4.69) is 67.2 Å². The summed E-state index contributed by atoms with van der Waals surface area (Å²) in [5, 5.41) is 12.1. The lowest BCUT2D eigenvalue weighted by Crippen LogP contribution is -2.30. The first-order chi connectivity index (χ1) is 14.2. The van der Waals surface area contributed by atoms with Gasteiger partial charge in [-0.25, -0.2) is 4.57 Å². The molecule has 0 spiro atoms.